The van der Waals surface area contributed by atoms with Crippen LogP contribution in [-0.4, -0.2) is 12.6 Å². The molecule has 0 aliphatic carbocycles. The molecule has 0 N–H and O–H groups in total. The highest BCUT2D eigenvalue weighted by molar-refractivity contribution is 5.91. The van der Waals surface area contributed by atoms with E-state index in [1.54, 1.807) is 36.4 Å². The smallest absolute Gasteiger partial charge is 0.343 e. The Balaban J connectivity index is 1.44. The van der Waals surface area contributed by atoms with Crippen LogP contribution in [-0.2, 0) is 0 Å². The summed E-state index contributed by atoms with van der Waals surface area (Å²) in [6, 6.07) is 23.9. The Hall–Kier alpha value is -3.84. The third-order valence-electron chi connectivity index (χ3n) is 5.46. The maximum Gasteiger partial charge on any atom is 0.343 e. The zero-order valence-electron chi connectivity index (χ0n) is 19.7. The van der Waals surface area contributed by atoms with Gasteiger partial charge in [0.1, 0.15) is 11.5 Å². The van der Waals surface area contributed by atoms with E-state index in [2.05, 4.69) is 13.0 Å². The largest absolute Gasteiger partial charge is 0.494 e. The van der Waals surface area contributed by atoms with Gasteiger partial charge in [0.2, 0.25) is 0 Å². The van der Waals surface area contributed by atoms with E-state index in [4.69, 9.17) is 14.7 Å². The van der Waals surface area contributed by atoms with E-state index in [1.165, 1.54) is 32.1 Å². The standard InChI is InChI=1S/C30H31NO3/c1-2-3-4-5-6-7-22-33-28-20-16-27(17-21-28)30(32)34-29-18-14-25(15-19-29)9-8-24-10-12-26(23-31)13-11-24/h8-21H,2-7,22H2,1H3. The average molecular weight is 454 g/mol. The van der Waals surface area contributed by atoms with Crippen LogP contribution in [0.25, 0.3) is 12.2 Å². The SMILES string of the molecule is CCCCCCCCOc1ccc(C(=O)Oc2ccc(C=Cc3ccc(C#N)cc3)cc2)cc1. The quantitative estimate of drug-likeness (QED) is 0.122. The first-order valence-corrected chi connectivity index (χ1v) is 11.9. The van der Waals surface area contributed by atoms with Gasteiger partial charge >= 0.3 is 5.97 Å². The van der Waals surface area contributed by atoms with Crippen LogP contribution in [0.15, 0.2) is 72.8 Å². The monoisotopic (exact) mass is 453 g/mol. The number of rotatable bonds is 12. The molecule has 0 spiro atoms. The summed E-state index contributed by atoms with van der Waals surface area (Å²) in [7, 11) is 0. The van der Waals surface area contributed by atoms with Gasteiger partial charge in [0.25, 0.3) is 0 Å². The molecular weight excluding hydrogens is 422 g/mol. The number of unbranched alkanes of at least 4 members (excludes halogenated alkanes) is 5. The second kappa shape index (κ2) is 13.6. The molecule has 0 amide bonds. The molecule has 0 atom stereocenters. The Labute approximate surface area is 202 Å². The molecule has 0 fully saturated rings. The summed E-state index contributed by atoms with van der Waals surface area (Å²) in [5.41, 5.74) is 3.11. The van der Waals surface area contributed by atoms with Crippen LogP contribution in [0.2, 0.25) is 0 Å². The first-order valence-electron chi connectivity index (χ1n) is 11.9. The number of carbonyl (C=O) groups excluding carboxylic acids is 1. The summed E-state index contributed by atoms with van der Waals surface area (Å²) in [6.45, 7) is 2.92. The van der Waals surface area contributed by atoms with Crippen molar-refractivity contribution >= 4 is 18.1 Å². The maximum absolute atomic E-state index is 12.5. The number of nitriles is 1. The molecule has 3 rings (SSSR count). The Bertz CT molecular complexity index is 1090. The molecule has 0 saturated carbocycles. The van der Waals surface area contributed by atoms with Crippen molar-refractivity contribution in [2.45, 2.75) is 45.4 Å². The number of carbonyl (C=O) groups is 1. The van der Waals surface area contributed by atoms with E-state index < -0.39 is 5.97 Å². The Morgan fingerprint density at radius 2 is 1.32 bits per heavy atom. The Morgan fingerprint density at radius 1 is 0.765 bits per heavy atom. The molecule has 0 aliphatic heterocycles. The molecule has 0 heterocycles. The third kappa shape index (κ3) is 8.26. The minimum atomic E-state index is -0.400. The molecule has 0 unspecified atom stereocenters. The van der Waals surface area contributed by atoms with Gasteiger partial charge in [-0.25, -0.2) is 4.79 Å². The number of nitrogens with zero attached hydrogens (tertiary/aromatic N) is 1. The second-order valence-electron chi connectivity index (χ2n) is 8.17. The molecule has 4 nitrogen and oxygen atoms in total. The molecule has 3 aromatic carbocycles. The zero-order valence-corrected chi connectivity index (χ0v) is 19.7. The topological polar surface area (TPSA) is 59.3 Å². The molecule has 0 bridgehead atoms. The fourth-order valence-corrected chi connectivity index (χ4v) is 3.43. The van der Waals surface area contributed by atoms with Gasteiger partial charge in [-0.15, -0.1) is 0 Å². The van der Waals surface area contributed by atoms with Crippen LogP contribution in [0.1, 0.15) is 72.5 Å². The van der Waals surface area contributed by atoms with Gasteiger partial charge in [-0.05, 0) is 66.1 Å². The summed E-state index contributed by atoms with van der Waals surface area (Å²) >= 11 is 0. The highest BCUT2D eigenvalue weighted by Gasteiger charge is 2.09. The fraction of sp³-hybridized carbons (Fsp3) is 0.267. The zero-order chi connectivity index (χ0) is 24.0. The summed E-state index contributed by atoms with van der Waals surface area (Å²) in [6.07, 6.45) is 11.3. The highest BCUT2D eigenvalue weighted by Crippen LogP contribution is 2.18. The number of ether oxygens (including phenoxy) is 2. The summed E-state index contributed by atoms with van der Waals surface area (Å²) in [5, 5.41) is 8.87. The fourth-order valence-electron chi connectivity index (χ4n) is 3.43. The van der Waals surface area contributed by atoms with E-state index in [1.807, 2.05) is 48.6 Å². The van der Waals surface area contributed by atoms with Gasteiger partial charge < -0.3 is 9.47 Å². The Morgan fingerprint density at radius 3 is 1.94 bits per heavy atom. The molecule has 3 aromatic rings. The van der Waals surface area contributed by atoms with Crippen LogP contribution >= 0.6 is 0 Å². The average Bonchev–Trinajstić information content (AvgIpc) is 2.88. The number of hydrogen-bond donors (Lipinski definition) is 0. The normalized spacial score (nSPS) is 10.7. The Kier molecular flexibility index (Phi) is 9.95. The lowest BCUT2D eigenvalue weighted by molar-refractivity contribution is 0.0734. The van der Waals surface area contributed by atoms with Crippen molar-refractivity contribution in [1.82, 2.24) is 0 Å². The highest BCUT2D eigenvalue weighted by atomic mass is 16.5. The van der Waals surface area contributed by atoms with Crippen molar-refractivity contribution in [2.24, 2.45) is 0 Å². The predicted molar refractivity (Wildman–Crippen MR) is 137 cm³/mol. The van der Waals surface area contributed by atoms with E-state index >= 15 is 0 Å². The van der Waals surface area contributed by atoms with Crippen LogP contribution in [0, 0.1) is 11.3 Å². The number of esters is 1. The summed E-state index contributed by atoms with van der Waals surface area (Å²) in [4.78, 5) is 12.5. The molecule has 0 aromatic heterocycles. The summed E-state index contributed by atoms with van der Waals surface area (Å²) in [5.74, 6) is 0.857. The minimum absolute atomic E-state index is 0.400. The lowest BCUT2D eigenvalue weighted by Gasteiger charge is -2.08. The molecule has 4 heteroatoms. The van der Waals surface area contributed by atoms with Crippen LogP contribution < -0.4 is 9.47 Å². The number of hydrogen-bond acceptors (Lipinski definition) is 4. The lowest BCUT2D eigenvalue weighted by Crippen LogP contribution is -2.08. The van der Waals surface area contributed by atoms with Crippen LogP contribution in [0.4, 0.5) is 0 Å². The number of benzene rings is 3. The van der Waals surface area contributed by atoms with Crippen LogP contribution in [0.5, 0.6) is 11.5 Å². The van der Waals surface area contributed by atoms with Crippen molar-refractivity contribution in [3.05, 3.63) is 95.1 Å². The lowest BCUT2D eigenvalue weighted by atomic mass is 10.1. The first kappa shape index (κ1) is 24.8. The molecule has 0 aliphatic rings. The van der Waals surface area contributed by atoms with Gasteiger partial charge in [-0.3, -0.25) is 0 Å². The van der Waals surface area contributed by atoms with Gasteiger partial charge in [-0.1, -0.05) is 75.4 Å². The van der Waals surface area contributed by atoms with Gasteiger partial charge in [-0.2, -0.15) is 5.26 Å². The van der Waals surface area contributed by atoms with Gasteiger partial charge in [0, 0.05) is 0 Å². The van der Waals surface area contributed by atoms with Crippen molar-refractivity contribution in [1.29, 1.82) is 5.26 Å². The minimum Gasteiger partial charge on any atom is -0.494 e. The molecule has 0 saturated heterocycles. The molecule has 0 radical (unpaired) electrons. The van der Waals surface area contributed by atoms with Crippen molar-refractivity contribution in [2.75, 3.05) is 6.61 Å². The molecule has 174 valence electrons. The molecular formula is C30H31NO3. The molecule has 34 heavy (non-hydrogen) atoms. The van der Waals surface area contributed by atoms with E-state index in [0.29, 0.717) is 23.5 Å². The predicted octanol–water partition coefficient (Wildman–Crippen LogP) is 7.69. The van der Waals surface area contributed by atoms with Crippen molar-refractivity contribution in [3.8, 4) is 17.6 Å². The first-order chi connectivity index (χ1) is 16.7. The van der Waals surface area contributed by atoms with Gasteiger partial charge in [0.15, 0.2) is 0 Å². The summed E-state index contributed by atoms with van der Waals surface area (Å²) < 4.78 is 11.3. The van der Waals surface area contributed by atoms with Crippen molar-refractivity contribution < 1.29 is 14.3 Å². The van der Waals surface area contributed by atoms with E-state index in [0.717, 1.165) is 23.3 Å². The second-order valence-corrected chi connectivity index (χ2v) is 8.17. The van der Waals surface area contributed by atoms with Gasteiger partial charge in [0.05, 0.1) is 23.8 Å². The third-order valence-corrected chi connectivity index (χ3v) is 5.46. The van der Waals surface area contributed by atoms with Crippen molar-refractivity contribution in [3.63, 3.8) is 0 Å². The van der Waals surface area contributed by atoms with E-state index in [9.17, 15) is 4.79 Å². The van der Waals surface area contributed by atoms with Crippen LogP contribution in [0.3, 0.4) is 0 Å². The van der Waals surface area contributed by atoms with E-state index in [-0.39, 0.29) is 0 Å². The maximum atomic E-state index is 12.5.